The summed E-state index contributed by atoms with van der Waals surface area (Å²) in [6.07, 6.45) is 5.74. The van der Waals surface area contributed by atoms with E-state index < -0.39 is 17.4 Å². The van der Waals surface area contributed by atoms with Crippen molar-refractivity contribution in [2.75, 3.05) is 6.54 Å². The van der Waals surface area contributed by atoms with Gasteiger partial charge in [0.1, 0.15) is 6.04 Å². The molecule has 0 aromatic heterocycles. The average molecular weight is 256 g/mol. The molecule has 1 aliphatic rings. The molecule has 1 amide bonds. The van der Waals surface area contributed by atoms with Crippen LogP contribution in [0.3, 0.4) is 0 Å². The van der Waals surface area contributed by atoms with E-state index in [-0.39, 0.29) is 5.91 Å². The quantitative estimate of drug-likeness (QED) is 0.639. The molecule has 104 valence electrons. The third-order valence-corrected chi connectivity index (χ3v) is 3.88. The topological polar surface area (TPSA) is 92.4 Å². The number of nitrogens with two attached hydrogens (primary N) is 1. The fraction of sp³-hybridized carbons (Fsp3) is 0.846. The van der Waals surface area contributed by atoms with Crippen molar-refractivity contribution in [1.29, 1.82) is 0 Å². The van der Waals surface area contributed by atoms with Gasteiger partial charge in [-0.15, -0.1) is 0 Å². The van der Waals surface area contributed by atoms with Crippen molar-refractivity contribution in [2.45, 2.75) is 57.9 Å². The van der Waals surface area contributed by atoms with E-state index in [9.17, 15) is 9.59 Å². The number of hydrogen-bond acceptors (Lipinski definition) is 3. The van der Waals surface area contributed by atoms with Crippen LogP contribution >= 0.6 is 0 Å². The van der Waals surface area contributed by atoms with Gasteiger partial charge in [0, 0.05) is 6.54 Å². The third kappa shape index (κ3) is 3.45. The zero-order valence-corrected chi connectivity index (χ0v) is 11.1. The molecule has 0 aliphatic heterocycles. The third-order valence-electron chi connectivity index (χ3n) is 3.88. The van der Waals surface area contributed by atoms with Gasteiger partial charge in [0.15, 0.2) is 0 Å². The molecule has 0 heterocycles. The second-order valence-corrected chi connectivity index (χ2v) is 5.20. The number of carbonyl (C=O) groups excluding carboxylic acids is 1. The number of amides is 1. The maximum atomic E-state index is 12.2. The Kier molecular flexibility index (Phi) is 5.59. The Balaban J connectivity index is 2.62. The lowest BCUT2D eigenvalue weighted by molar-refractivity contribution is -0.144. The summed E-state index contributed by atoms with van der Waals surface area (Å²) >= 11 is 0. The second-order valence-electron chi connectivity index (χ2n) is 5.20. The molecular formula is C13H24N2O3. The number of aliphatic carboxylic acids is 1. The summed E-state index contributed by atoms with van der Waals surface area (Å²) in [6.45, 7) is 2.30. The van der Waals surface area contributed by atoms with Gasteiger partial charge in [-0.05, 0) is 19.3 Å². The molecule has 1 atom stereocenters. The smallest absolute Gasteiger partial charge is 0.326 e. The van der Waals surface area contributed by atoms with Crippen molar-refractivity contribution < 1.29 is 14.7 Å². The fourth-order valence-corrected chi connectivity index (χ4v) is 2.55. The highest BCUT2D eigenvalue weighted by atomic mass is 16.4. The van der Waals surface area contributed by atoms with Crippen molar-refractivity contribution in [3.8, 4) is 0 Å². The molecule has 0 aromatic carbocycles. The molecule has 4 N–H and O–H groups in total. The Morgan fingerprint density at radius 1 is 1.39 bits per heavy atom. The molecule has 1 rings (SSSR count). The van der Waals surface area contributed by atoms with Gasteiger partial charge in [0.05, 0.1) is 5.41 Å². The first-order valence-corrected chi connectivity index (χ1v) is 6.79. The van der Waals surface area contributed by atoms with Crippen LogP contribution in [0.2, 0.25) is 0 Å². The SMILES string of the molecule is CCCCC(NC(=O)C1(CN)CCCC1)C(=O)O. The van der Waals surface area contributed by atoms with E-state index in [1.165, 1.54) is 0 Å². The van der Waals surface area contributed by atoms with Gasteiger partial charge in [-0.1, -0.05) is 32.6 Å². The molecule has 0 bridgehead atoms. The predicted molar refractivity (Wildman–Crippen MR) is 69.0 cm³/mol. The Morgan fingerprint density at radius 2 is 2.00 bits per heavy atom. The van der Waals surface area contributed by atoms with Gasteiger partial charge in [-0.3, -0.25) is 4.79 Å². The van der Waals surface area contributed by atoms with Crippen LogP contribution in [0.15, 0.2) is 0 Å². The summed E-state index contributed by atoms with van der Waals surface area (Å²) in [7, 11) is 0. The van der Waals surface area contributed by atoms with Crippen molar-refractivity contribution in [3.63, 3.8) is 0 Å². The number of carboxylic acid groups (broad SMARTS) is 1. The van der Waals surface area contributed by atoms with Gasteiger partial charge in [0.25, 0.3) is 0 Å². The zero-order chi connectivity index (χ0) is 13.6. The van der Waals surface area contributed by atoms with E-state index in [1.54, 1.807) is 0 Å². The Labute approximate surface area is 108 Å². The Bertz CT molecular complexity index is 299. The van der Waals surface area contributed by atoms with Gasteiger partial charge < -0.3 is 16.2 Å². The zero-order valence-electron chi connectivity index (χ0n) is 11.1. The number of rotatable bonds is 7. The lowest BCUT2D eigenvalue weighted by atomic mass is 9.85. The first-order valence-electron chi connectivity index (χ1n) is 6.79. The highest BCUT2D eigenvalue weighted by molar-refractivity contribution is 5.87. The molecule has 0 aromatic rings. The van der Waals surface area contributed by atoms with Crippen molar-refractivity contribution in [1.82, 2.24) is 5.32 Å². The molecule has 0 radical (unpaired) electrons. The summed E-state index contributed by atoms with van der Waals surface area (Å²) in [5.74, 6) is -1.13. The van der Waals surface area contributed by atoms with Gasteiger partial charge in [-0.25, -0.2) is 4.79 Å². The minimum absolute atomic E-state index is 0.175. The van der Waals surface area contributed by atoms with Crippen molar-refractivity contribution in [2.24, 2.45) is 11.1 Å². The highest BCUT2D eigenvalue weighted by Crippen LogP contribution is 2.37. The number of carbonyl (C=O) groups is 2. The molecule has 5 nitrogen and oxygen atoms in total. The van der Waals surface area contributed by atoms with E-state index in [0.717, 1.165) is 38.5 Å². The Morgan fingerprint density at radius 3 is 2.44 bits per heavy atom. The first-order chi connectivity index (χ1) is 8.55. The summed E-state index contributed by atoms with van der Waals surface area (Å²) < 4.78 is 0. The normalized spacial score (nSPS) is 19.4. The minimum Gasteiger partial charge on any atom is -0.480 e. The van der Waals surface area contributed by atoms with E-state index in [0.29, 0.717) is 13.0 Å². The predicted octanol–water partition coefficient (Wildman–Crippen LogP) is 1.27. The number of nitrogens with one attached hydrogen (secondary N) is 1. The van der Waals surface area contributed by atoms with E-state index in [1.807, 2.05) is 6.92 Å². The molecule has 0 saturated heterocycles. The van der Waals surface area contributed by atoms with E-state index in [4.69, 9.17) is 10.8 Å². The van der Waals surface area contributed by atoms with E-state index >= 15 is 0 Å². The molecule has 1 fully saturated rings. The minimum atomic E-state index is -0.957. The standard InChI is InChI=1S/C13H24N2O3/c1-2-3-6-10(11(16)17)15-12(18)13(9-14)7-4-5-8-13/h10H,2-9,14H2,1H3,(H,15,18)(H,16,17). The largest absolute Gasteiger partial charge is 0.480 e. The van der Waals surface area contributed by atoms with Gasteiger partial charge in [0.2, 0.25) is 5.91 Å². The van der Waals surface area contributed by atoms with E-state index in [2.05, 4.69) is 5.32 Å². The molecule has 0 spiro atoms. The van der Waals surface area contributed by atoms with Crippen LogP contribution < -0.4 is 11.1 Å². The van der Waals surface area contributed by atoms with Crippen LogP contribution in [0.4, 0.5) is 0 Å². The lowest BCUT2D eigenvalue weighted by Gasteiger charge is -2.27. The van der Waals surface area contributed by atoms with Crippen LogP contribution in [0.1, 0.15) is 51.9 Å². The van der Waals surface area contributed by atoms with Crippen LogP contribution in [-0.2, 0) is 9.59 Å². The number of unbranched alkanes of at least 4 members (excludes halogenated alkanes) is 1. The maximum Gasteiger partial charge on any atom is 0.326 e. The molecule has 1 aliphatic carbocycles. The average Bonchev–Trinajstić information content (AvgIpc) is 2.83. The molecule has 18 heavy (non-hydrogen) atoms. The molecule has 1 unspecified atom stereocenters. The fourth-order valence-electron chi connectivity index (χ4n) is 2.55. The van der Waals surface area contributed by atoms with Crippen LogP contribution in [0.25, 0.3) is 0 Å². The summed E-state index contributed by atoms with van der Waals surface area (Å²) in [6, 6.07) is -0.776. The lowest BCUT2D eigenvalue weighted by Crippen LogP contribution is -2.50. The van der Waals surface area contributed by atoms with Gasteiger partial charge in [-0.2, -0.15) is 0 Å². The molecule has 1 saturated carbocycles. The van der Waals surface area contributed by atoms with Crippen molar-refractivity contribution in [3.05, 3.63) is 0 Å². The van der Waals surface area contributed by atoms with Gasteiger partial charge >= 0.3 is 5.97 Å². The summed E-state index contributed by atoms with van der Waals surface area (Å²) in [5.41, 5.74) is 5.19. The maximum absolute atomic E-state index is 12.2. The number of hydrogen-bond donors (Lipinski definition) is 3. The summed E-state index contributed by atoms with van der Waals surface area (Å²) in [4.78, 5) is 23.3. The van der Waals surface area contributed by atoms with Crippen molar-refractivity contribution >= 4 is 11.9 Å². The van der Waals surface area contributed by atoms with Crippen LogP contribution in [0, 0.1) is 5.41 Å². The summed E-state index contributed by atoms with van der Waals surface area (Å²) in [5, 5.41) is 11.8. The molecular weight excluding hydrogens is 232 g/mol. The highest BCUT2D eigenvalue weighted by Gasteiger charge is 2.41. The van der Waals surface area contributed by atoms with Crippen LogP contribution in [0.5, 0.6) is 0 Å². The van der Waals surface area contributed by atoms with Crippen LogP contribution in [-0.4, -0.2) is 29.6 Å². The molecule has 5 heteroatoms. The second kappa shape index (κ2) is 6.73. The monoisotopic (exact) mass is 256 g/mol. The Hall–Kier alpha value is -1.10. The number of carboxylic acids is 1. The first kappa shape index (κ1) is 15.0.